The number of aromatic nitrogens is 1. The van der Waals surface area contributed by atoms with Crippen molar-refractivity contribution in [3.63, 3.8) is 0 Å². The molecule has 1 atom stereocenters. The maximum absolute atomic E-state index is 13.1. The molecule has 1 aromatic carbocycles. The normalized spacial score (nSPS) is 15.5. The van der Waals surface area contributed by atoms with E-state index in [0.29, 0.717) is 37.6 Å². The average Bonchev–Trinajstić information content (AvgIpc) is 3.46. The number of hydrogen-bond acceptors (Lipinski definition) is 6. The van der Waals surface area contributed by atoms with Gasteiger partial charge >= 0.3 is 5.97 Å². The van der Waals surface area contributed by atoms with Gasteiger partial charge in [-0.1, -0.05) is 11.6 Å². The number of benzene rings is 1. The molecule has 0 bridgehead atoms. The van der Waals surface area contributed by atoms with Gasteiger partial charge < -0.3 is 24.4 Å². The molecule has 1 saturated heterocycles. The highest BCUT2D eigenvalue weighted by Crippen LogP contribution is 2.29. The number of aromatic amines is 1. The zero-order valence-corrected chi connectivity index (χ0v) is 18.3. The number of rotatable bonds is 5. The van der Waals surface area contributed by atoms with E-state index in [1.165, 1.54) is 13.4 Å². The van der Waals surface area contributed by atoms with Gasteiger partial charge in [-0.05, 0) is 38.1 Å². The van der Waals surface area contributed by atoms with Crippen LogP contribution in [0.1, 0.15) is 33.5 Å². The van der Waals surface area contributed by atoms with Gasteiger partial charge in [0.05, 0.1) is 25.1 Å². The van der Waals surface area contributed by atoms with Gasteiger partial charge in [0.1, 0.15) is 5.69 Å². The first kappa shape index (κ1) is 21.6. The van der Waals surface area contributed by atoms with Crippen molar-refractivity contribution >= 4 is 34.4 Å². The molecule has 2 amide bonds. The Morgan fingerprint density at radius 1 is 1.16 bits per heavy atom. The second-order valence-electron chi connectivity index (χ2n) is 7.89. The fourth-order valence-electron chi connectivity index (χ4n) is 3.95. The highest BCUT2D eigenvalue weighted by Gasteiger charge is 2.30. The highest BCUT2D eigenvalue weighted by molar-refractivity contribution is 6.11. The van der Waals surface area contributed by atoms with Crippen molar-refractivity contribution in [2.24, 2.45) is 0 Å². The molecule has 1 aliphatic heterocycles. The third kappa shape index (κ3) is 4.11. The second kappa shape index (κ2) is 8.88. The smallest absolute Gasteiger partial charge is 0.356 e. The van der Waals surface area contributed by atoms with Crippen molar-refractivity contribution in [2.45, 2.75) is 19.9 Å². The number of H-pyrrole nitrogens is 1. The van der Waals surface area contributed by atoms with E-state index in [1.54, 1.807) is 17.0 Å². The summed E-state index contributed by atoms with van der Waals surface area (Å²) in [6, 6.07) is 8.59. The fourth-order valence-corrected chi connectivity index (χ4v) is 3.95. The third-order valence-corrected chi connectivity index (χ3v) is 5.85. The standard InChI is InChI=1S/C23H26N4O5/c1-14-6-7-17-16(13-14)19(20(24-17)23(30)31-3)25-21(28)15(2)26-8-10-27(11-9-26)22(29)18-5-4-12-32-18/h4-7,12-13,15,24H,8-11H2,1-3H3,(H,25,28)/t15-/m1/s1. The van der Waals surface area contributed by atoms with E-state index >= 15 is 0 Å². The largest absolute Gasteiger partial charge is 0.464 e. The first-order valence-corrected chi connectivity index (χ1v) is 10.5. The van der Waals surface area contributed by atoms with Crippen molar-refractivity contribution in [1.29, 1.82) is 0 Å². The molecule has 4 rings (SSSR count). The maximum atomic E-state index is 13.1. The number of piperazine rings is 1. The van der Waals surface area contributed by atoms with Gasteiger partial charge in [-0.25, -0.2) is 4.79 Å². The van der Waals surface area contributed by atoms with Crippen molar-refractivity contribution in [1.82, 2.24) is 14.8 Å². The zero-order valence-electron chi connectivity index (χ0n) is 18.3. The minimum Gasteiger partial charge on any atom is -0.464 e. The van der Waals surface area contributed by atoms with Gasteiger partial charge in [0.25, 0.3) is 5.91 Å². The molecule has 0 unspecified atom stereocenters. The number of esters is 1. The summed E-state index contributed by atoms with van der Waals surface area (Å²) in [5.41, 5.74) is 2.37. The lowest BCUT2D eigenvalue weighted by molar-refractivity contribution is -0.121. The molecule has 3 aromatic rings. The molecule has 0 radical (unpaired) electrons. The number of carbonyl (C=O) groups is 3. The summed E-state index contributed by atoms with van der Waals surface area (Å²) in [7, 11) is 1.30. The van der Waals surface area contributed by atoms with Crippen LogP contribution in [0.15, 0.2) is 41.0 Å². The van der Waals surface area contributed by atoms with Gasteiger partial charge in [-0.2, -0.15) is 0 Å². The summed E-state index contributed by atoms with van der Waals surface area (Å²) >= 11 is 0. The van der Waals surface area contributed by atoms with Crippen LogP contribution in [0.2, 0.25) is 0 Å². The number of methoxy groups -OCH3 is 1. The van der Waals surface area contributed by atoms with E-state index in [1.807, 2.05) is 36.9 Å². The van der Waals surface area contributed by atoms with Crippen LogP contribution in [0, 0.1) is 6.92 Å². The summed E-state index contributed by atoms with van der Waals surface area (Å²) in [5, 5.41) is 3.67. The number of hydrogen-bond donors (Lipinski definition) is 2. The van der Waals surface area contributed by atoms with Crippen LogP contribution in [0.5, 0.6) is 0 Å². The number of nitrogens with zero attached hydrogens (tertiary/aromatic N) is 2. The lowest BCUT2D eigenvalue weighted by Crippen LogP contribution is -2.54. The Balaban J connectivity index is 1.46. The number of fused-ring (bicyclic) bond motifs is 1. The zero-order chi connectivity index (χ0) is 22.8. The number of aryl methyl sites for hydroxylation is 1. The Labute approximate surface area is 185 Å². The Bertz CT molecular complexity index is 1140. The summed E-state index contributed by atoms with van der Waals surface area (Å²) in [6.07, 6.45) is 1.48. The van der Waals surface area contributed by atoms with Gasteiger partial charge in [-0.15, -0.1) is 0 Å². The van der Waals surface area contributed by atoms with Crippen LogP contribution < -0.4 is 5.32 Å². The number of nitrogens with one attached hydrogen (secondary N) is 2. The van der Waals surface area contributed by atoms with Gasteiger partial charge in [0.2, 0.25) is 5.91 Å². The van der Waals surface area contributed by atoms with Crippen LogP contribution in [-0.2, 0) is 9.53 Å². The van der Waals surface area contributed by atoms with Crippen molar-refractivity contribution in [3.8, 4) is 0 Å². The lowest BCUT2D eigenvalue weighted by atomic mass is 10.1. The number of amides is 2. The summed E-state index contributed by atoms with van der Waals surface area (Å²) in [6.45, 7) is 5.86. The summed E-state index contributed by atoms with van der Waals surface area (Å²) in [4.78, 5) is 44.6. The predicted octanol–water partition coefficient (Wildman–Crippen LogP) is 2.64. The molecule has 2 N–H and O–H groups in total. The van der Waals surface area contributed by atoms with Gasteiger partial charge in [-0.3, -0.25) is 14.5 Å². The minimum atomic E-state index is -0.549. The van der Waals surface area contributed by atoms with Crippen molar-refractivity contribution in [3.05, 3.63) is 53.6 Å². The lowest BCUT2D eigenvalue weighted by Gasteiger charge is -2.37. The molecule has 168 valence electrons. The van der Waals surface area contributed by atoms with Crippen molar-refractivity contribution < 1.29 is 23.5 Å². The highest BCUT2D eigenvalue weighted by atomic mass is 16.5. The van der Waals surface area contributed by atoms with E-state index in [0.717, 1.165) is 16.5 Å². The van der Waals surface area contributed by atoms with Crippen molar-refractivity contribution in [2.75, 3.05) is 38.6 Å². The first-order chi connectivity index (χ1) is 15.4. The molecule has 32 heavy (non-hydrogen) atoms. The van der Waals surface area contributed by atoms with E-state index in [4.69, 9.17) is 9.15 Å². The monoisotopic (exact) mass is 438 g/mol. The third-order valence-electron chi connectivity index (χ3n) is 5.85. The van der Waals surface area contributed by atoms with E-state index in [-0.39, 0.29) is 17.5 Å². The molecular weight excluding hydrogens is 412 g/mol. The summed E-state index contributed by atoms with van der Waals surface area (Å²) in [5.74, 6) is -0.618. The quantitative estimate of drug-likeness (QED) is 0.593. The van der Waals surface area contributed by atoms with E-state index < -0.39 is 12.0 Å². The van der Waals surface area contributed by atoms with E-state index in [2.05, 4.69) is 10.3 Å². The average molecular weight is 438 g/mol. The van der Waals surface area contributed by atoms with Crippen LogP contribution in [0.3, 0.4) is 0 Å². The summed E-state index contributed by atoms with van der Waals surface area (Å²) < 4.78 is 10.1. The van der Waals surface area contributed by atoms with Crippen LogP contribution in [0.4, 0.5) is 5.69 Å². The van der Waals surface area contributed by atoms with Gasteiger partial charge in [0, 0.05) is 37.1 Å². The molecule has 0 aliphatic carbocycles. The second-order valence-corrected chi connectivity index (χ2v) is 7.89. The van der Waals surface area contributed by atoms with Crippen LogP contribution in [-0.4, -0.2) is 71.9 Å². The van der Waals surface area contributed by atoms with Crippen LogP contribution in [0.25, 0.3) is 10.9 Å². The van der Waals surface area contributed by atoms with E-state index in [9.17, 15) is 14.4 Å². The number of carbonyl (C=O) groups excluding carboxylic acids is 3. The molecule has 2 aromatic heterocycles. The van der Waals surface area contributed by atoms with Gasteiger partial charge in [0.15, 0.2) is 5.76 Å². The molecular formula is C23H26N4O5. The molecule has 3 heterocycles. The molecule has 0 saturated carbocycles. The Hall–Kier alpha value is -3.59. The minimum absolute atomic E-state index is 0.149. The molecule has 9 heteroatoms. The van der Waals surface area contributed by atoms with Crippen LogP contribution >= 0.6 is 0 Å². The molecule has 1 fully saturated rings. The molecule has 0 spiro atoms. The predicted molar refractivity (Wildman–Crippen MR) is 119 cm³/mol. The fraction of sp³-hybridized carbons (Fsp3) is 0.348. The number of furan rings is 1. The Kier molecular flexibility index (Phi) is 6.00. The number of anilines is 1. The molecule has 1 aliphatic rings. The first-order valence-electron chi connectivity index (χ1n) is 10.5. The Morgan fingerprint density at radius 3 is 2.56 bits per heavy atom. The topological polar surface area (TPSA) is 108 Å². The molecule has 9 nitrogen and oxygen atoms in total. The number of ether oxygens (including phenoxy) is 1. The maximum Gasteiger partial charge on any atom is 0.356 e. The Morgan fingerprint density at radius 2 is 1.91 bits per heavy atom. The SMILES string of the molecule is COC(=O)c1[nH]c2ccc(C)cc2c1NC(=O)[C@@H](C)N1CCN(C(=O)c2ccco2)CC1.